The Morgan fingerprint density at radius 1 is 1.06 bits per heavy atom. The van der Waals surface area contributed by atoms with Gasteiger partial charge >= 0.3 is 0 Å². The first-order valence-corrected chi connectivity index (χ1v) is 7.11. The van der Waals surface area contributed by atoms with Crippen LogP contribution < -0.4 is 0 Å². The summed E-state index contributed by atoms with van der Waals surface area (Å²) in [6, 6.07) is 10.9. The van der Waals surface area contributed by atoms with Crippen molar-refractivity contribution in [1.29, 1.82) is 0 Å². The second-order valence-corrected chi connectivity index (χ2v) is 6.30. The number of benzene rings is 1. The van der Waals surface area contributed by atoms with Crippen LogP contribution in [-0.2, 0) is 12.8 Å². The summed E-state index contributed by atoms with van der Waals surface area (Å²) in [5.41, 5.74) is 3.27. The Balaban J connectivity index is 1.70. The summed E-state index contributed by atoms with van der Waals surface area (Å²) < 4.78 is 0. The lowest BCUT2D eigenvalue weighted by molar-refractivity contribution is 0.0621. The van der Waals surface area contributed by atoms with Crippen molar-refractivity contribution in [2.75, 3.05) is 7.05 Å². The minimum absolute atomic E-state index is 0.882. The van der Waals surface area contributed by atoms with E-state index in [2.05, 4.69) is 36.2 Å². The van der Waals surface area contributed by atoms with Crippen LogP contribution in [0.5, 0.6) is 0 Å². The highest BCUT2D eigenvalue weighted by Crippen LogP contribution is 2.46. The number of fused-ring (bicyclic) bond motifs is 5. The van der Waals surface area contributed by atoms with Crippen LogP contribution in [0.3, 0.4) is 0 Å². The number of hydrogen-bond acceptors (Lipinski definition) is 1. The molecule has 1 aromatic rings. The van der Waals surface area contributed by atoms with E-state index in [1.54, 1.807) is 11.1 Å². The molecule has 1 nitrogen and oxygen atoms in total. The number of piperidine rings is 1. The Morgan fingerprint density at radius 3 is 2.65 bits per heavy atom. The number of rotatable bonds is 0. The van der Waals surface area contributed by atoms with Gasteiger partial charge in [-0.25, -0.2) is 0 Å². The molecule has 1 aliphatic carbocycles. The number of hydrogen-bond donors (Lipinski definition) is 0. The highest BCUT2D eigenvalue weighted by molar-refractivity contribution is 5.31. The summed E-state index contributed by atoms with van der Waals surface area (Å²) in [5, 5.41) is 0. The second-order valence-electron chi connectivity index (χ2n) is 6.30. The van der Waals surface area contributed by atoms with Crippen molar-refractivity contribution in [3.05, 3.63) is 35.4 Å². The molecular weight excluding hydrogens is 206 g/mol. The van der Waals surface area contributed by atoms with E-state index < -0.39 is 0 Å². The summed E-state index contributed by atoms with van der Waals surface area (Å²) in [7, 11) is 2.36. The summed E-state index contributed by atoms with van der Waals surface area (Å²) in [5.74, 6) is 1.91. The largest absolute Gasteiger partial charge is 0.300 e. The zero-order chi connectivity index (χ0) is 11.4. The fourth-order valence-corrected chi connectivity index (χ4v) is 4.71. The van der Waals surface area contributed by atoms with Gasteiger partial charge in [0.15, 0.2) is 0 Å². The van der Waals surface area contributed by atoms with Crippen LogP contribution in [0.15, 0.2) is 24.3 Å². The lowest BCUT2D eigenvalue weighted by Crippen LogP contribution is -2.49. The second kappa shape index (κ2) is 3.58. The summed E-state index contributed by atoms with van der Waals surface area (Å²) in [4.78, 5) is 2.69. The molecule has 0 aromatic heterocycles. The van der Waals surface area contributed by atoms with Gasteiger partial charge in [0.25, 0.3) is 0 Å². The highest BCUT2D eigenvalue weighted by atomic mass is 15.2. The van der Waals surface area contributed by atoms with E-state index >= 15 is 0 Å². The average Bonchev–Trinajstić information content (AvgIpc) is 2.60. The Labute approximate surface area is 104 Å². The molecule has 3 aliphatic rings. The summed E-state index contributed by atoms with van der Waals surface area (Å²) in [6.07, 6.45) is 7.03. The molecule has 0 spiro atoms. The van der Waals surface area contributed by atoms with Crippen LogP contribution in [0, 0.1) is 11.8 Å². The van der Waals surface area contributed by atoms with Crippen molar-refractivity contribution in [1.82, 2.24) is 4.90 Å². The van der Waals surface area contributed by atoms with Crippen molar-refractivity contribution < 1.29 is 0 Å². The summed E-state index contributed by atoms with van der Waals surface area (Å²) in [6.45, 7) is 0. The van der Waals surface area contributed by atoms with Gasteiger partial charge in [-0.1, -0.05) is 24.3 Å². The molecule has 1 aromatic carbocycles. The fourth-order valence-electron chi connectivity index (χ4n) is 4.71. The maximum Gasteiger partial charge on any atom is 0.0130 e. The molecule has 0 radical (unpaired) electrons. The topological polar surface area (TPSA) is 3.24 Å². The highest BCUT2D eigenvalue weighted by Gasteiger charge is 2.46. The molecule has 2 fully saturated rings. The molecule has 4 rings (SSSR count). The fraction of sp³-hybridized carbons (Fsp3) is 0.625. The van der Waals surface area contributed by atoms with Crippen molar-refractivity contribution >= 4 is 0 Å². The van der Waals surface area contributed by atoms with Crippen molar-refractivity contribution in [3.8, 4) is 0 Å². The van der Waals surface area contributed by atoms with Crippen molar-refractivity contribution in [2.45, 2.75) is 44.2 Å². The predicted molar refractivity (Wildman–Crippen MR) is 70.0 cm³/mol. The molecule has 2 unspecified atom stereocenters. The van der Waals surface area contributed by atoms with E-state index in [0.717, 1.165) is 23.9 Å². The lowest BCUT2D eigenvalue weighted by atomic mass is 9.69. The van der Waals surface area contributed by atoms with Crippen molar-refractivity contribution in [3.63, 3.8) is 0 Å². The van der Waals surface area contributed by atoms with Crippen LogP contribution in [0.1, 0.15) is 30.4 Å². The summed E-state index contributed by atoms with van der Waals surface area (Å²) >= 11 is 0. The van der Waals surface area contributed by atoms with Gasteiger partial charge in [-0.3, -0.25) is 0 Å². The van der Waals surface area contributed by atoms with Crippen LogP contribution >= 0.6 is 0 Å². The van der Waals surface area contributed by atoms with Crippen LogP contribution in [0.2, 0.25) is 0 Å². The first-order chi connectivity index (χ1) is 8.33. The first-order valence-electron chi connectivity index (χ1n) is 7.11. The van der Waals surface area contributed by atoms with Crippen LogP contribution in [-0.4, -0.2) is 24.0 Å². The van der Waals surface area contributed by atoms with E-state index in [1.165, 1.54) is 32.1 Å². The Morgan fingerprint density at radius 2 is 1.82 bits per heavy atom. The van der Waals surface area contributed by atoms with E-state index in [1.807, 2.05) is 0 Å². The lowest BCUT2D eigenvalue weighted by Gasteiger charge is -2.46. The van der Waals surface area contributed by atoms with E-state index in [4.69, 9.17) is 0 Å². The van der Waals surface area contributed by atoms with Gasteiger partial charge in [-0.05, 0) is 62.1 Å². The maximum atomic E-state index is 2.69. The average molecular weight is 227 g/mol. The molecule has 0 saturated carbocycles. The van der Waals surface area contributed by atoms with Gasteiger partial charge in [0, 0.05) is 12.1 Å². The third kappa shape index (κ3) is 1.41. The predicted octanol–water partition coefficient (Wildman–Crippen LogP) is 2.88. The normalized spacial score (nSPS) is 39.8. The third-order valence-corrected chi connectivity index (χ3v) is 5.63. The minimum Gasteiger partial charge on any atom is -0.300 e. The minimum atomic E-state index is 0.882. The van der Waals surface area contributed by atoms with Gasteiger partial charge in [-0.2, -0.15) is 0 Å². The molecule has 90 valence electrons. The van der Waals surface area contributed by atoms with Gasteiger partial charge in [0.05, 0.1) is 0 Å². The molecule has 2 bridgehead atoms. The molecule has 2 heterocycles. The molecule has 17 heavy (non-hydrogen) atoms. The van der Waals surface area contributed by atoms with Crippen LogP contribution in [0.25, 0.3) is 0 Å². The Bertz CT molecular complexity index is 439. The van der Waals surface area contributed by atoms with E-state index in [9.17, 15) is 0 Å². The Kier molecular flexibility index (Phi) is 2.14. The van der Waals surface area contributed by atoms with Gasteiger partial charge in [0.2, 0.25) is 0 Å². The van der Waals surface area contributed by atoms with Gasteiger partial charge in [0.1, 0.15) is 0 Å². The maximum absolute atomic E-state index is 2.69. The van der Waals surface area contributed by atoms with Gasteiger partial charge in [-0.15, -0.1) is 0 Å². The quantitative estimate of drug-likeness (QED) is 0.659. The molecule has 1 heteroatoms. The molecule has 0 amide bonds. The van der Waals surface area contributed by atoms with Gasteiger partial charge < -0.3 is 4.90 Å². The molecule has 2 aliphatic heterocycles. The Hall–Kier alpha value is -0.820. The molecule has 0 N–H and O–H groups in total. The van der Waals surface area contributed by atoms with E-state index in [-0.39, 0.29) is 0 Å². The molecular formula is C16H21N. The third-order valence-electron chi connectivity index (χ3n) is 5.63. The smallest absolute Gasteiger partial charge is 0.0130 e. The SMILES string of the molecule is CN1C2CCC1[C@@H]1Cc3ccccc3C[C@H]1C2. The molecule has 4 atom stereocenters. The zero-order valence-electron chi connectivity index (χ0n) is 10.6. The van der Waals surface area contributed by atoms with E-state index in [0.29, 0.717) is 0 Å². The standard InChI is InChI=1S/C16H21N/c1-17-14-6-7-16(17)15-10-12-5-3-2-4-11(12)8-13(15)9-14/h2-5,13-16H,6-10H2,1H3/t13-,14?,15+,16?/m0/s1. The van der Waals surface area contributed by atoms with Crippen molar-refractivity contribution in [2.24, 2.45) is 11.8 Å². The molecule has 2 saturated heterocycles. The first kappa shape index (κ1) is 10.1. The number of nitrogens with zero attached hydrogens (tertiary/aromatic N) is 1. The zero-order valence-corrected chi connectivity index (χ0v) is 10.6. The monoisotopic (exact) mass is 227 g/mol. The van der Waals surface area contributed by atoms with Crippen LogP contribution in [0.4, 0.5) is 0 Å².